The van der Waals surface area contributed by atoms with E-state index in [9.17, 15) is 0 Å². The SMILES string of the molecule is CC(C)[PH+](c1ccccc1-c1ccc(-c2ccccc2[PH+](C(C)C)C(C)C)cc1)C(C)C.N#N.[Mo]. The van der Waals surface area contributed by atoms with Gasteiger partial charge in [-0.1, -0.05) is 60.7 Å². The fourth-order valence-electron chi connectivity index (χ4n) is 5.38. The van der Waals surface area contributed by atoms with Crippen LogP contribution in [0.15, 0.2) is 72.8 Å². The summed E-state index contributed by atoms with van der Waals surface area (Å²) in [4.78, 5) is 0. The smallest absolute Gasteiger partial charge is 0.0614 e. The first-order valence-corrected chi connectivity index (χ1v) is 15.8. The van der Waals surface area contributed by atoms with Crippen LogP contribution in [0.4, 0.5) is 0 Å². The molecule has 0 amide bonds. The Bertz CT molecular complexity index is 961. The summed E-state index contributed by atoms with van der Waals surface area (Å²) in [6.07, 6.45) is 0. The molecular formula is C30H42MoN2P2+2. The zero-order valence-electron chi connectivity index (χ0n) is 22.5. The Morgan fingerprint density at radius 1 is 0.457 bits per heavy atom. The Morgan fingerprint density at radius 2 is 0.714 bits per heavy atom. The Labute approximate surface area is 230 Å². The van der Waals surface area contributed by atoms with Crippen LogP contribution in [0.1, 0.15) is 55.4 Å². The Hall–Kier alpha value is -1.37. The third kappa shape index (κ3) is 7.80. The average molecular weight is 589 g/mol. The molecule has 0 radical (unpaired) electrons. The second kappa shape index (κ2) is 15.0. The Morgan fingerprint density at radius 3 is 0.971 bits per heavy atom. The van der Waals surface area contributed by atoms with Crippen LogP contribution >= 0.6 is 15.8 Å². The van der Waals surface area contributed by atoms with Crippen molar-refractivity contribution in [3.05, 3.63) is 72.8 Å². The second-order valence-electron chi connectivity index (χ2n) is 10.2. The molecule has 2 nitrogen and oxygen atoms in total. The van der Waals surface area contributed by atoms with Crippen molar-refractivity contribution in [2.75, 3.05) is 0 Å². The molecule has 186 valence electrons. The van der Waals surface area contributed by atoms with Crippen molar-refractivity contribution in [1.29, 1.82) is 10.8 Å². The minimum Gasteiger partial charge on any atom is -0.0614 e. The fraction of sp³-hybridized carbons (Fsp3) is 0.400. The molecule has 0 aromatic heterocycles. The van der Waals surface area contributed by atoms with Gasteiger partial charge >= 0.3 is 0 Å². The van der Waals surface area contributed by atoms with Crippen molar-refractivity contribution in [3.8, 4) is 22.3 Å². The monoisotopic (exact) mass is 590 g/mol. The molecule has 3 aromatic rings. The minimum atomic E-state index is -0.627. The molecule has 0 aliphatic heterocycles. The molecule has 0 atom stereocenters. The summed E-state index contributed by atoms with van der Waals surface area (Å²) in [6.45, 7) is 19.2. The summed E-state index contributed by atoms with van der Waals surface area (Å²) in [5.41, 5.74) is 8.45. The van der Waals surface area contributed by atoms with E-state index in [1.807, 2.05) is 0 Å². The van der Waals surface area contributed by atoms with Gasteiger partial charge in [-0.3, -0.25) is 0 Å². The van der Waals surface area contributed by atoms with Gasteiger partial charge in [-0.05, 0) is 78.6 Å². The quantitative estimate of drug-likeness (QED) is 0.151. The molecule has 0 fully saturated rings. The minimum absolute atomic E-state index is 0. The van der Waals surface area contributed by atoms with Crippen LogP contribution < -0.4 is 10.6 Å². The van der Waals surface area contributed by atoms with Gasteiger partial charge in [0.2, 0.25) is 0 Å². The van der Waals surface area contributed by atoms with Crippen molar-refractivity contribution in [2.24, 2.45) is 0 Å². The van der Waals surface area contributed by atoms with Crippen LogP contribution in [0.3, 0.4) is 0 Å². The van der Waals surface area contributed by atoms with Crippen molar-refractivity contribution in [1.82, 2.24) is 0 Å². The van der Waals surface area contributed by atoms with Gasteiger partial charge in [0.15, 0.2) is 0 Å². The van der Waals surface area contributed by atoms with Gasteiger partial charge in [-0.15, -0.1) is 0 Å². The van der Waals surface area contributed by atoms with E-state index in [4.69, 9.17) is 10.8 Å². The van der Waals surface area contributed by atoms with Gasteiger partial charge < -0.3 is 0 Å². The molecule has 0 saturated carbocycles. The molecule has 0 unspecified atom stereocenters. The van der Waals surface area contributed by atoms with Gasteiger partial charge in [-0.2, -0.15) is 0 Å². The summed E-state index contributed by atoms with van der Waals surface area (Å²) < 4.78 is 0. The number of nitrogens with zero attached hydrogens (tertiary/aromatic N) is 2. The van der Waals surface area contributed by atoms with E-state index >= 15 is 0 Å². The maximum Gasteiger partial charge on any atom is 0.0997 e. The molecule has 0 bridgehead atoms. The standard InChI is InChI=1S/C30H40P2.Mo.N2/c1-21(2)31(22(3)4)29-15-11-9-13-27(29)25-17-19-26(20-18-25)28-14-10-12-16-30(28)32(23(5)6)24(7)8;;1-2/h9-24H,1-8H3;;/p+2. The fourth-order valence-corrected chi connectivity index (χ4v) is 12.2. The van der Waals surface area contributed by atoms with Gasteiger partial charge in [0.25, 0.3) is 0 Å². The number of hydrogen-bond donors (Lipinski definition) is 0. The molecule has 0 heterocycles. The number of rotatable bonds is 8. The maximum atomic E-state index is 6.00. The van der Waals surface area contributed by atoms with Crippen LogP contribution in [0.2, 0.25) is 0 Å². The van der Waals surface area contributed by atoms with Crippen LogP contribution in [0.25, 0.3) is 22.3 Å². The summed E-state index contributed by atoms with van der Waals surface area (Å²) in [6, 6.07) is 27.7. The Balaban J connectivity index is 0.00000199. The van der Waals surface area contributed by atoms with E-state index in [1.54, 1.807) is 10.6 Å². The summed E-state index contributed by atoms with van der Waals surface area (Å²) in [5, 5.41) is 15.2. The topological polar surface area (TPSA) is 47.6 Å². The first-order valence-electron chi connectivity index (χ1n) is 12.4. The summed E-state index contributed by atoms with van der Waals surface area (Å²) >= 11 is 0. The first kappa shape index (κ1) is 31.7. The largest absolute Gasteiger partial charge is 0.0997 e. The van der Waals surface area contributed by atoms with E-state index in [0.717, 1.165) is 22.6 Å². The van der Waals surface area contributed by atoms with Gasteiger partial charge in [0, 0.05) is 58.8 Å². The van der Waals surface area contributed by atoms with Gasteiger partial charge in [0.05, 0.1) is 33.2 Å². The second-order valence-corrected chi connectivity index (χ2v) is 17.7. The molecule has 0 aliphatic rings. The molecule has 5 heteroatoms. The zero-order chi connectivity index (χ0) is 25.4. The molecular weight excluding hydrogens is 546 g/mol. The molecule has 3 aromatic carbocycles. The predicted octanol–water partition coefficient (Wildman–Crippen LogP) is 8.36. The molecule has 35 heavy (non-hydrogen) atoms. The van der Waals surface area contributed by atoms with Crippen LogP contribution in [0.5, 0.6) is 0 Å². The van der Waals surface area contributed by atoms with Crippen LogP contribution in [-0.2, 0) is 21.1 Å². The maximum absolute atomic E-state index is 6.00. The Kier molecular flexibility index (Phi) is 13.6. The molecule has 0 saturated heterocycles. The van der Waals surface area contributed by atoms with E-state index in [2.05, 4.69) is 128 Å². The number of hydrogen-bond acceptors (Lipinski definition) is 2. The summed E-state index contributed by atoms with van der Waals surface area (Å²) in [7, 11) is -1.25. The van der Waals surface area contributed by atoms with Crippen molar-refractivity contribution in [3.63, 3.8) is 0 Å². The first-order chi connectivity index (χ1) is 16.2. The van der Waals surface area contributed by atoms with Crippen LogP contribution in [-0.4, -0.2) is 22.6 Å². The van der Waals surface area contributed by atoms with Crippen molar-refractivity contribution in [2.45, 2.75) is 78.0 Å². The van der Waals surface area contributed by atoms with Gasteiger partial charge in [0.1, 0.15) is 0 Å². The van der Waals surface area contributed by atoms with E-state index < -0.39 is 15.8 Å². The molecule has 0 N–H and O–H groups in total. The van der Waals surface area contributed by atoms with Crippen molar-refractivity contribution >= 4 is 26.5 Å². The molecule has 0 aliphatic carbocycles. The van der Waals surface area contributed by atoms with Crippen LogP contribution in [0, 0.1) is 10.8 Å². The van der Waals surface area contributed by atoms with E-state index in [1.165, 1.54) is 22.3 Å². The number of benzene rings is 3. The molecule has 0 spiro atoms. The zero-order valence-corrected chi connectivity index (χ0v) is 26.5. The molecule has 3 rings (SSSR count). The average Bonchev–Trinajstić information content (AvgIpc) is 2.80. The van der Waals surface area contributed by atoms with Crippen molar-refractivity contribution < 1.29 is 21.1 Å². The third-order valence-electron chi connectivity index (χ3n) is 6.47. The van der Waals surface area contributed by atoms with E-state index in [0.29, 0.717) is 0 Å². The van der Waals surface area contributed by atoms with E-state index in [-0.39, 0.29) is 21.1 Å². The summed E-state index contributed by atoms with van der Waals surface area (Å²) in [5.74, 6) is 0. The predicted molar refractivity (Wildman–Crippen MR) is 157 cm³/mol. The normalized spacial score (nSPS) is 11.2. The van der Waals surface area contributed by atoms with Gasteiger partial charge in [-0.25, -0.2) is 0 Å². The third-order valence-corrected chi connectivity index (χ3v) is 13.6.